The Labute approximate surface area is 170 Å². The number of nitrogens with one attached hydrogen (secondary N) is 1. The monoisotopic (exact) mass is 417 g/mol. The molecule has 0 aliphatic carbocycles. The number of hydrogen-bond donors (Lipinski definition) is 1. The molecule has 0 atom stereocenters. The highest BCUT2D eigenvalue weighted by molar-refractivity contribution is 5.94. The van der Waals surface area contributed by atoms with Gasteiger partial charge in [0.2, 0.25) is 12.3 Å². The summed E-state index contributed by atoms with van der Waals surface area (Å²) in [7, 11) is 0. The molecule has 30 heavy (non-hydrogen) atoms. The van der Waals surface area contributed by atoms with Gasteiger partial charge in [0.1, 0.15) is 6.54 Å². The zero-order valence-electron chi connectivity index (χ0n) is 16.0. The number of alkyl halides is 3. The summed E-state index contributed by atoms with van der Waals surface area (Å²) in [6.07, 6.45) is -3.09. The van der Waals surface area contributed by atoms with Crippen LogP contribution in [-0.2, 0) is 12.7 Å². The number of nitrogens with zero attached hydrogens (tertiary/aromatic N) is 3. The maximum Gasteiger partial charge on any atom is 0.416 e. The maximum atomic E-state index is 12.9. The number of quaternary nitrogens is 1. The lowest BCUT2D eigenvalue weighted by Gasteiger charge is -2.32. The molecule has 1 saturated heterocycles. The van der Waals surface area contributed by atoms with Crippen molar-refractivity contribution < 1.29 is 27.3 Å². The number of amides is 1. The lowest BCUT2D eigenvalue weighted by Crippen LogP contribution is -3.13. The Hall–Kier alpha value is -3.20. The molecule has 1 amide bonds. The molecule has 1 aliphatic rings. The Morgan fingerprint density at radius 3 is 2.47 bits per heavy atom. The maximum absolute atomic E-state index is 12.9. The number of hydrogen-bond acceptors (Lipinski definition) is 4. The van der Waals surface area contributed by atoms with Gasteiger partial charge in [0.15, 0.2) is 0 Å². The predicted octanol–water partition coefficient (Wildman–Crippen LogP) is 2.30. The van der Waals surface area contributed by atoms with Crippen LogP contribution in [0.2, 0.25) is 0 Å². The zero-order valence-corrected chi connectivity index (χ0v) is 16.0. The van der Waals surface area contributed by atoms with Crippen LogP contribution < -0.4 is 4.90 Å². The van der Waals surface area contributed by atoms with Crippen molar-refractivity contribution in [1.82, 2.24) is 15.1 Å². The fourth-order valence-corrected chi connectivity index (χ4v) is 3.59. The van der Waals surface area contributed by atoms with E-state index in [0.29, 0.717) is 49.7 Å². The third kappa shape index (κ3) is 4.51. The van der Waals surface area contributed by atoms with E-state index in [0.717, 1.165) is 16.5 Å². The van der Waals surface area contributed by atoms with Crippen LogP contribution >= 0.6 is 0 Å². The fourth-order valence-electron chi connectivity index (χ4n) is 3.59. The molecule has 0 unspecified atom stereocenters. The molecule has 2 heterocycles. The molecule has 6 nitrogen and oxygen atoms in total. The number of benzene rings is 2. The van der Waals surface area contributed by atoms with Crippen LogP contribution in [0.3, 0.4) is 0 Å². The van der Waals surface area contributed by atoms with Gasteiger partial charge in [-0.1, -0.05) is 12.1 Å². The van der Waals surface area contributed by atoms with E-state index in [-0.39, 0.29) is 5.91 Å². The smallest absolute Gasteiger partial charge is 0.416 e. The van der Waals surface area contributed by atoms with Crippen molar-refractivity contribution in [1.29, 1.82) is 0 Å². The normalized spacial score (nSPS) is 15.4. The topological polar surface area (TPSA) is 63.7 Å². The second kappa shape index (κ2) is 8.27. The quantitative estimate of drug-likeness (QED) is 0.708. The molecule has 0 bridgehead atoms. The molecule has 2 aromatic carbocycles. The number of carbonyl (C=O) groups is 1. The standard InChI is InChI=1S/C21H19F3N4O2/c22-21(23,24)18-3-1-2-15(12-18)13-27-8-10-28(11-9-27)20(29)17-6-4-16(5-7-17)19-26-25-14-30-19/h1-7,12,14H,8-11,13H2/p+1. The molecular formula is C21H20F3N4O2+. The van der Waals surface area contributed by atoms with Crippen LogP contribution in [0.25, 0.3) is 11.5 Å². The van der Waals surface area contributed by atoms with Crippen molar-refractivity contribution in [2.24, 2.45) is 0 Å². The van der Waals surface area contributed by atoms with E-state index in [1.54, 1.807) is 35.2 Å². The first-order valence-corrected chi connectivity index (χ1v) is 9.56. The Morgan fingerprint density at radius 1 is 1.10 bits per heavy atom. The Kier molecular flexibility index (Phi) is 5.54. The van der Waals surface area contributed by atoms with Crippen molar-refractivity contribution in [3.05, 3.63) is 71.6 Å². The minimum absolute atomic E-state index is 0.0646. The molecule has 1 fully saturated rings. The van der Waals surface area contributed by atoms with Gasteiger partial charge in [-0.25, -0.2) is 0 Å². The van der Waals surface area contributed by atoms with Crippen molar-refractivity contribution in [2.45, 2.75) is 12.7 Å². The highest BCUT2D eigenvalue weighted by Gasteiger charge is 2.31. The third-order valence-corrected chi connectivity index (χ3v) is 5.21. The zero-order chi connectivity index (χ0) is 21.1. The molecule has 1 aromatic heterocycles. The van der Waals surface area contributed by atoms with Gasteiger partial charge < -0.3 is 14.2 Å². The highest BCUT2D eigenvalue weighted by atomic mass is 19.4. The summed E-state index contributed by atoms with van der Waals surface area (Å²) in [4.78, 5) is 15.7. The second-order valence-electron chi connectivity index (χ2n) is 7.24. The van der Waals surface area contributed by atoms with Crippen LogP contribution in [0.4, 0.5) is 13.2 Å². The van der Waals surface area contributed by atoms with Gasteiger partial charge in [0.25, 0.3) is 5.91 Å². The van der Waals surface area contributed by atoms with Crippen LogP contribution in [0.1, 0.15) is 21.5 Å². The van der Waals surface area contributed by atoms with E-state index in [4.69, 9.17) is 4.42 Å². The van der Waals surface area contributed by atoms with E-state index >= 15 is 0 Å². The summed E-state index contributed by atoms with van der Waals surface area (Å²) in [5, 5.41) is 7.47. The average molecular weight is 417 g/mol. The van der Waals surface area contributed by atoms with Crippen molar-refractivity contribution in [3.8, 4) is 11.5 Å². The van der Waals surface area contributed by atoms with Crippen LogP contribution in [-0.4, -0.2) is 47.2 Å². The minimum Gasteiger partial charge on any atom is -0.423 e. The third-order valence-electron chi connectivity index (χ3n) is 5.21. The van der Waals surface area contributed by atoms with Crippen LogP contribution in [0.5, 0.6) is 0 Å². The summed E-state index contributed by atoms with van der Waals surface area (Å²) in [6, 6.07) is 12.4. The number of aromatic nitrogens is 2. The first-order chi connectivity index (χ1) is 14.4. The van der Waals surface area contributed by atoms with Gasteiger partial charge >= 0.3 is 6.18 Å². The van der Waals surface area contributed by atoms with E-state index in [1.165, 1.54) is 18.5 Å². The van der Waals surface area contributed by atoms with Gasteiger partial charge in [-0.05, 0) is 36.4 Å². The molecule has 9 heteroatoms. The summed E-state index contributed by atoms with van der Waals surface area (Å²) >= 11 is 0. The van der Waals surface area contributed by atoms with E-state index in [1.807, 2.05) is 0 Å². The first-order valence-electron chi connectivity index (χ1n) is 9.56. The van der Waals surface area contributed by atoms with Gasteiger partial charge in [0, 0.05) is 16.7 Å². The van der Waals surface area contributed by atoms with Crippen LogP contribution in [0.15, 0.2) is 59.3 Å². The molecule has 4 rings (SSSR count). The summed E-state index contributed by atoms with van der Waals surface area (Å²) in [5.41, 5.74) is 1.33. The largest absolute Gasteiger partial charge is 0.423 e. The summed E-state index contributed by atoms with van der Waals surface area (Å²) < 4.78 is 43.8. The number of rotatable bonds is 4. The predicted molar refractivity (Wildman–Crippen MR) is 101 cm³/mol. The lowest BCUT2D eigenvalue weighted by molar-refractivity contribution is -0.917. The molecular weight excluding hydrogens is 397 g/mol. The van der Waals surface area contributed by atoms with E-state index in [2.05, 4.69) is 10.2 Å². The Bertz CT molecular complexity index is 996. The van der Waals surface area contributed by atoms with E-state index in [9.17, 15) is 18.0 Å². The Balaban J connectivity index is 1.34. The van der Waals surface area contributed by atoms with Gasteiger partial charge in [-0.2, -0.15) is 13.2 Å². The average Bonchev–Trinajstić information content (AvgIpc) is 3.28. The minimum atomic E-state index is -4.34. The van der Waals surface area contributed by atoms with Crippen molar-refractivity contribution in [3.63, 3.8) is 0 Å². The molecule has 3 aromatic rings. The van der Waals surface area contributed by atoms with Crippen LogP contribution in [0, 0.1) is 0 Å². The fraction of sp³-hybridized carbons (Fsp3) is 0.286. The van der Waals surface area contributed by atoms with Crippen molar-refractivity contribution >= 4 is 5.91 Å². The molecule has 0 saturated carbocycles. The van der Waals surface area contributed by atoms with Gasteiger partial charge in [-0.15, -0.1) is 10.2 Å². The molecule has 0 radical (unpaired) electrons. The molecule has 1 aliphatic heterocycles. The molecule has 0 spiro atoms. The number of halogens is 3. The summed E-state index contributed by atoms with van der Waals surface area (Å²) in [5.74, 6) is 0.325. The number of carbonyl (C=O) groups excluding carboxylic acids is 1. The molecule has 1 N–H and O–H groups in total. The Morgan fingerprint density at radius 2 is 1.83 bits per heavy atom. The van der Waals surface area contributed by atoms with E-state index < -0.39 is 11.7 Å². The number of piperazine rings is 1. The van der Waals surface area contributed by atoms with Gasteiger partial charge in [0.05, 0.1) is 31.7 Å². The van der Waals surface area contributed by atoms with Gasteiger partial charge in [-0.3, -0.25) is 4.79 Å². The first kappa shape index (κ1) is 20.1. The summed E-state index contributed by atoms with van der Waals surface area (Å²) in [6.45, 7) is 2.98. The highest BCUT2D eigenvalue weighted by Crippen LogP contribution is 2.29. The lowest BCUT2D eigenvalue weighted by atomic mass is 10.1. The SMILES string of the molecule is O=C(c1ccc(-c2nnco2)cc1)N1CC[NH+](Cc2cccc(C(F)(F)F)c2)CC1. The van der Waals surface area contributed by atoms with Crippen molar-refractivity contribution in [2.75, 3.05) is 26.2 Å². The second-order valence-corrected chi connectivity index (χ2v) is 7.24. The molecule has 156 valence electrons.